The number of halogens is 1. The number of amides is 2. The predicted octanol–water partition coefficient (Wildman–Crippen LogP) is 3.39. The SMILES string of the molecule is CC(=O)NCCn1c(-c2csc(COc3cccc(Cl)c3)n2)cc(C(N)=O)c1C. The van der Waals surface area contributed by atoms with E-state index in [-0.39, 0.29) is 5.91 Å². The van der Waals surface area contributed by atoms with Gasteiger partial charge < -0.3 is 20.4 Å². The van der Waals surface area contributed by atoms with Gasteiger partial charge in [0.15, 0.2) is 0 Å². The highest BCUT2D eigenvalue weighted by Gasteiger charge is 2.18. The first-order valence-electron chi connectivity index (χ1n) is 8.92. The average molecular weight is 433 g/mol. The number of ether oxygens (including phenoxy) is 1. The van der Waals surface area contributed by atoms with Crippen LogP contribution in [-0.2, 0) is 17.9 Å². The quantitative estimate of drug-likeness (QED) is 0.569. The van der Waals surface area contributed by atoms with Crippen molar-refractivity contribution < 1.29 is 14.3 Å². The van der Waals surface area contributed by atoms with Crippen molar-refractivity contribution >= 4 is 34.8 Å². The lowest BCUT2D eigenvalue weighted by molar-refractivity contribution is -0.118. The summed E-state index contributed by atoms with van der Waals surface area (Å²) in [6.45, 7) is 4.53. The molecule has 7 nitrogen and oxygen atoms in total. The van der Waals surface area contributed by atoms with Crippen LogP contribution in [0.1, 0.15) is 28.0 Å². The first kappa shape index (κ1) is 20.9. The molecule has 152 valence electrons. The van der Waals surface area contributed by atoms with E-state index in [1.165, 1.54) is 18.3 Å². The van der Waals surface area contributed by atoms with Crippen molar-refractivity contribution in [2.24, 2.45) is 5.73 Å². The summed E-state index contributed by atoms with van der Waals surface area (Å²) in [5.74, 6) is 0.0575. The van der Waals surface area contributed by atoms with Crippen LogP contribution < -0.4 is 15.8 Å². The average Bonchev–Trinajstić information content (AvgIpc) is 3.25. The van der Waals surface area contributed by atoms with Crippen molar-refractivity contribution in [1.29, 1.82) is 0 Å². The van der Waals surface area contributed by atoms with E-state index < -0.39 is 5.91 Å². The largest absolute Gasteiger partial charge is 0.486 e. The maximum absolute atomic E-state index is 11.8. The second-order valence-electron chi connectivity index (χ2n) is 6.40. The van der Waals surface area contributed by atoms with Crippen LogP contribution in [0.3, 0.4) is 0 Å². The van der Waals surface area contributed by atoms with Crippen LogP contribution in [0.4, 0.5) is 0 Å². The van der Waals surface area contributed by atoms with Crippen molar-refractivity contribution in [3.8, 4) is 17.1 Å². The molecule has 3 rings (SSSR count). The van der Waals surface area contributed by atoms with Crippen LogP contribution in [0, 0.1) is 6.92 Å². The second kappa shape index (κ2) is 9.11. The van der Waals surface area contributed by atoms with Gasteiger partial charge in [0, 0.05) is 36.1 Å². The first-order chi connectivity index (χ1) is 13.8. The van der Waals surface area contributed by atoms with Crippen molar-refractivity contribution in [3.05, 3.63) is 57.0 Å². The van der Waals surface area contributed by atoms with Gasteiger partial charge >= 0.3 is 0 Å². The Labute approximate surface area is 177 Å². The number of thiazole rings is 1. The molecule has 3 N–H and O–H groups in total. The van der Waals surface area contributed by atoms with Gasteiger partial charge in [-0.3, -0.25) is 9.59 Å². The lowest BCUT2D eigenvalue weighted by Crippen LogP contribution is -2.25. The monoisotopic (exact) mass is 432 g/mol. The van der Waals surface area contributed by atoms with E-state index >= 15 is 0 Å². The second-order valence-corrected chi connectivity index (χ2v) is 7.78. The molecule has 3 aromatic rings. The molecule has 0 bridgehead atoms. The first-order valence-corrected chi connectivity index (χ1v) is 10.2. The zero-order chi connectivity index (χ0) is 21.0. The smallest absolute Gasteiger partial charge is 0.250 e. The molecule has 0 spiro atoms. The molecule has 0 fully saturated rings. The summed E-state index contributed by atoms with van der Waals surface area (Å²) < 4.78 is 7.68. The van der Waals surface area contributed by atoms with Crippen molar-refractivity contribution in [2.75, 3.05) is 6.54 Å². The Kier molecular flexibility index (Phi) is 6.56. The minimum Gasteiger partial charge on any atom is -0.486 e. The summed E-state index contributed by atoms with van der Waals surface area (Å²) in [7, 11) is 0. The Hall–Kier alpha value is -2.84. The highest BCUT2D eigenvalue weighted by molar-refractivity contribution is 7.09. The fourth-order valence-corrected chi connectivity index (χ4v) is 3.81. The van der Waals surface area contributed by atoms with Crippen LogP contribution in [0.5, 0.6) is 5.75 Å². The molecular formula is C20H21ClN4O3S. The standard InChI is InChI=1S/C20H21ClN4O3S/c1-12-16(20(22)27)9-18(25(12)7-6-23-13(2)26)17-11-29-19(24-17)10-28-15-5-3-4-14(21)8-15/h3-5,8-9,11H,6-7,10H2,1-2H3,(H2,22,27)(H,23,26). The molecule has 0 aliphatic heterocycles. The highest BCUT2D eigenvalue weighted by Crippen LogP contribution is 2.28. The highest BCUT2D eigenvalue weighted by atomic mass is 35.5. The Morgan fingerprint density at radius 1 is 1.34 bits per heavy atom. The summed E-state index contributed by atoms with van der Waals surface area (Å²) in [5, 5.41) is 6.06. The number of hydrogen-bond acceptors (Lipinski definition) is 5. The number of nitrogens with two attached hydrogens (primary N) is 1. The third-order valence-electron chi connectivity index (χ3n) is 4.31. The molecule has 0 aliphatic carbocycles. The summed E-state index contributed by atoms with van der Waals surface area (Å²) >= 11 is 7.43. The van der Waals surface area contributed by atoms with Gasteiger partial charge in [-0.25, -0.2) is 4.98 Å². The minimum atomic E-state index is -0.498. The van der Waals surface area contributed by atoms with Crippen molar-refractivity contribution in [3.63, 3.8) is 0 Å². The number of benzene rings is 1. The number of hydrogen-bond donors (Lipinski definition) is 2. The fourth-order valence-electron chi connectivity index (χ4n) is 2.94. The van der Waals surface area contributed by atoms with Crippen molar-refractivity contribution in [2.45, 2.75) is 27.0 Å². The van der Waals surface area contributed by atoms with E-state index in [1.54, 1.807) is 18.2 Å². The Morgan fingerprint density at radius 2 is 2.14 bits per heavy atom. The van der Waals surface area contributed by atoms with Gasteiger partial charge in [0.1, 0.15) is 17.4 Å². The molecule has 0 radical (unpaired) electrons. The molecule has 0 atom stereocenters. The number of nitrogens with one attached hydrogen (secondary N) is 1. The number of nitrogens with zero attached hydrogens (tertiary/aromatic N) is 2. The van der Waals surface area contributed by atoms with Crippen LogP contribution in [0.25, 0.3) is 11.4 Å². The Morgan fingerprint density at radius 3 is 2.83 bits per heavy atom. The lowest BCUT2D eigenvalue weighted by Gasteiger charge is -2.11. The Balaban J connectivity index is 1.81. The molecule has 9 heteroatoms. The molecule has 29 heavy (non-hydrogen) atoms. The molecule has 0 aliphatic rings. The van der Waals surface area contributed by atoms with Gasteiger partial charge in [-0.2, -0.15) is 0 Å². The molecule has 1 aromatic carbocycles. The van der Waals surface area contributed by atoms with Gasteiger partial charge in [-0.1, -0.05) is 17.7 Å². The topological polar surface area (TPSA) is 99.2 Å². The van der Waals surface area contributed by atoms with Crippen LogP contribution >= 0.6 is 22.9 Å². The molecule has 2 aromatic heterocycles. The molecule has 0 unspecified atom stereocenters. The zero-order valence-corrected chi connectivity index (χ0v) is 17.6. The van der Waals surface area contributed by atoms with E-state index in [4.69, 9.17) is 22.1 Å². The molecule has 0 saturated carbocycles. The number of carbonyl (C=O) groups excluding carboxylic acids is 2. The summed E-state index contributed by atoms with van der Waals surface area (Å²) in [4.78, 5) is 27.6. The van der Waals surface area contributed by atoms with Gasteiger partial charge in [-0.05, 0) is 31.2 Å². The fraction of sp³-hybridized carbons (Fsp3) is 0.250. The van der Waals surface area contributed by atoms with E-state index in [2.05, 4.69) is 10.3 Å². The van der Waals surface area contributed by atoms with Gasteiger partial charge in [-0.15, -0.1) is 11.3 Å². The van der Waals surface area contributed by atoms with E-state index in [1.807, 2.05) is 29.0 Å². The number of aromatic nitrogens is 2. The summed E-state index contributed by atoms with van der Waals surface area (Å²) in [6, 6.07) is 8.91. The molecule has 2 amide bonds. The number of primary amides is 1. The van der Waals surface area contributed by atoms with Crippen LogP contribution in [0.2, 0.25) is 5.02 Å². The van der Waals surface area contributed by atoms with Gasteiger partial charge in [0.2, 0.25) is 5.91 Å². The van der Waals surface area contributed by atoms with Crippen LogP contribution in [0.15, 0.2) is 35.7 Å². The normalized spacial score (nSPS) is 10.7. The van der Waals surface area contributed by atoms with Gasteiger partial charge in [0.25, 0.3) is 5.91 Å². The maximum atomic E-state index is 11.8. The third-order valence-corrected chi connectivity index (χ3v) is 5.37. The predicted molar refractivity (Wildman–Crippen MR) is 113 cm³/mol. The summed E-state index contributed by atoms with van der Waals surface area (Å²) in [5.41, 5.74) is 8.18. The number of rotatable bonds is 8. The van der Waals surface area contributed by atoms with E-state index in [9.17, 15) is 9.59 Å². The maximum Gasteiger partial charge on any atom is 0.250 e. The zero-order valence-electron chi connectivity index (χ0n) is 16.1. The van der Waals surface area contributed by atoms with E-state index in [0.717, 1.165) is 22.1 Å². The molecular weight excluding hydrogens is 412 g/mol. The minimum absolute atomic E-state index is 0.111. The molecule has 0 saturated heterocycles. The summed E-state index contributed by atoms with van der Waals surface area (Å²) in [6.07, 6.45) is 0. The number of carbonyl (C=O) groups is 2. The van der Waals surface area contributed by atoms with Crippen molar-refractivity contribution in [1.82, 2.24) is 14.9 Å². The van der Waals surface area contributed by atoms with E-state index in [0.29, 0.717) is 36.0 Å². The van der Waals surface area contributed by atoms with Gasteiger partial charge in [0.05, 0.1) is 17.0 Å². The Bertz CT molecular complexity index is 1040. The molecule has 2 heterocycles. The van der Waals surface area contributed by atoms with Crippen LogP contribution in [-0.4, -0.2) is 27.9 Å². The third kappa shape index (κ3) is 5.16. The lowest BCUT2D eigenvalue weighted by atomic mass is 10.2.